The van der Waals surface area contributed by atoms with Gasteiger partial charge in [0.2, 0.25) is 0 Å². The van der Waals surface area contributed by atoms with E-state index in [4.69, 9.17) is 5.73 Å². The molecule has 2 rings (SSSR count). The fraction of sp³-hybridized carbons (Fsp3) is 0.500. The van der Waals surface area contributed by atoms with Gasteiger partial charge in [0, 0.05) is 12.0 Å². The van der Waals surface area contributed by atoms with Gasteiger partial charge in [0.1, 0.15) is 5.75 Å². The fourth-order valence-electron chi connectivity index (χ4n) is 2.21. The van der Waals surface area contributed by atoms with Crippen molar-refractivity contribution in [2.24, 2.45) is 11.1 Å². The van der Waals surface area contributed by atoms with Crippen molar-refractivity contribution in [2.45, 2.75) is 32.4 Å². The highest BCUT2D eigenvalue weighted by Gasteiger charge is 2.57. The summed E-state index contributed by atoms with van der Waals surface area (Å²) in [6, 6.07) is 6.87. The number of rotatable bonds is 3. The molecule has 0 bridgehead atoms. The lowest BCUT2D eigenvalue weighted by atomic mass is 10.0. The standard InChI is InChI=1S/C12H15F2NO/c1-12(2)9(10(12)15)7-5-3-4-6-8(7)16-11(13)14/h3-6,9-11H,15H2,1-2H3/t9-,10-/m0/s1. The zero-order chi connectivity index (χ0) is 11.9. The maximum atomic E-state index is 12.2. The Morgan fingerprint density at radius 2 is 1.88 bits per heavy atom. The van der Waals surface area contributed by atoms with Crippen LogP contribution in [0.25, 0.3) is 0 Å². The van der Waals surface area contributed by atoms with Gasteiger partial charge in [0.05, 0.1) is 0 Å². The van der Waals surface area contributed by atoms with E-state index in [-0.39, 0.29) is 23.1 Å². The smallest absolute Gasteiger partial charge is 0.387 e. The summed E-state index contributed by atoms with van der Waals surface area (Å²) in [4.78, 5) is 0. The molecule has 1 aromatic carbocycles. The van der Waals surface area contributed by atoms with Crippen LogP contribution in [0.15, 0.2) is 24.3 Å². The first-order valence-corrected chi connectivity index (χ1v) is 5.24. The SMILES string of the molecule is CC1(C)[C@@H](N)[C@@H]1c1ccccc1OC(F)F. The summed E-state index contributed by atoms with van der Waals surface area (Å²) in [7, 11) is 0. The maximum Gasteiger partial charge on any atom is 0.387 e. The number of nitrogens with two attached hydrogens (primary N) is 1. The molecule has 0 aromatic heterocycles. The summed E-state index contributed by atoms with van der Waals surface area (Å²) in [5.74, 6) is 0.339. The molecule has 1 saturated carbocycles. The normalized spacial score (nSPS) is 26.9. The van der Waals surface area contributed by atoms with Crippen molar-refractivity contribution in [3.8, 4) is 5.75 Å². The predicted molar refractivity (Wildman–Crippen MR) is 57.6 cm³/mol. The van der Waals surface area contributed by atoms with Crippen LogP contribution in [0, 0.1) is 5.41 Å². The molecule has 2 nitrogen and oxygen atoms in total. The van der Waals surface area contributed by atoms with Gasteiger partial charge in [-0.15, -0.1) is 0 Å². The number of halogens is 2. The largest absolute Gasteiger partial charge is 0.435 e. The van der Waals surface area contributed by atoms with Gasteiger partial charge < -0.3 is 10.5 Å². The summed E-state index contributed by atoms with van der Waals surface area (Å²) in [5, 5.41) is 0. The first kappa shape index (κ1) is 11.3. The lowest BCUT2D eigenvalue weighted by molar-refractivity contribution is -0.0505. The molecule has 88 valence electrons. The topological polar surface area (TPSA) is 35.2 Å². The molecular formula is C12H15F2NO. The summed E-state index contributed by atoms with van der Waals surface area (Å²) in [6.07, 6.45) is 0. The van der Waals surface area contributed by atoms with Gasteiger partial charge in [-0.3, -0.25) is 0 Å². The highest BCUT2D eigenvalue weighted by molar-refractivity contribution is 5.44. The van der Waals surface area contributed by atoms with Gasteiger partial charge in [-0.2, -0.15) is 8.78 Å². The first-order chi connectivity index (χ1) is 7.44. The molecular weight excluding hydrogens is 212 g/mol. The van der Waals surface area contributed by atoms with E-state index in [1.165, 1.54) is 0 Å². The second kappa shape index (κ2) is 3.70. The zero-order valence-electron chi connectivity index (χ0n) is 9.28. The number of alkyl halides is 2. The second-order valence-corrected chi connectivity index (χ2v) is 4.74. The van der Waals surface area contributed by atoms with E-state index in [9.17, 15) is 8.78 Å². The van der Waals surface area contributed by atoms with Crippen molar-refractivity contribution < 1.29 is 13.5 Å². The van der Waals surface area contributed by atoms with E-state index in [1.807, 2.05) is 19.9 Å². The highest BCUT2D eigenvalue weighted by Crippen LogP contribution is 2.59. The molecule has 0 spiro atoms. The van der Waals surface area contributed by atoms with Crippen LogP contribution in [-0.2, 0) is 0 Å². The zero-order valence-corrected chi connectivity index (χ0v) is 9.28. The Bertz CT molecular complexity index is 392. The molecule has 1 aromatic rings. The minimum absolute atomic E-state index is 0.00919. The van der Waals surface area contributed by atoms with E-state index >= 15 is 0 Å². The van der Waals surface area contributed by atoms with Crippen molar-refractivity contribution in [1.29, 1.82) is 0 Å². The van der Waals surface area contributed by atoms with Gasteiger partial charge in [0.15, 0.2) is 0 Å². The fourth-order valence-corrected chi connectivity index (χ4v) is 2.21. The van der Waals surface area contributed by atoms with Gasteiger partial charge in [-0.1, -0.05) is 32.0 Å². The van der Waals surface area contributed by atoms with Crippen LogP contribution < -0.4 is 10.5 Å². The minimum atomic E-state index is -2.79. The van der Waals surface area contributed by atoms with Crippen LogP contribution in [0.1, 0.15) is 25.3 Å². The molecule has 1 aliphatic rings. The van der Waals surface area contributed by atoms with E-state index < -0.39 is 6.61 Å². The molecule has 0 saturated heterocycles. The predicted octanol–water partition coefficient (Wildman–Crippen LogP) is 2.74. The molecule has 0 heterocycles. The quantitative estimate of drug-likeness (QED) is 0.861. The molecule has 0 aliphatic heterocycles. The monoisotopic (exact) mass is 227 g/mol. The number of hydrogen-bond donors (Lipinski definition) is 1. The molecule has 0 unspecified atom stereocenters. The summed E-state index contributed by atoms with van der Waals surface area (Å²) in [6.45, 7) is 1.27. The van der Waals surface area contributed by atoms with Crippen molar-refractivity contribution >= 4 is 0 Å². The third kappa shape index (κ3) is 1.78. The van der Waals surface area contributed by atoms with Gasteiger partial charge in [-0.05, 0) is 17.0 Å². The Labute approximate surface area is 93.4 Å². The average molecular weight is 227 g/mol. The van der Waals surface area contributed by atoms with Crippen LogP contribution in [0.5, 0.6) is 5.75 Å². The molecule has 16 heavy (non-hydrogen) atoms. The lowest BCUT2D eigenvalue weighted by Gasteiger charge is -2.11. The lowest BCUT2D eigenvalue weighted by Crippen LogP contribution is -2.07. The summed E-state index contributed by atoms with van der Waals surface area (Å²) >= 11 is 0. The van der Waals surface area contributed by atoms with E-state index in [2.05, 4.69) is 4.74 Å². The van der Waals surface area contributed by atoms with E-state index in [1.54, 1.807) is 18.2 Å². The molecule has 4 heteroatoms. The van der Waals surface area contributed by atoms with Gasteiger partial charge in [-0.25, -0.2) is 0 Å². The first-order valence-electron chi connectivity index (χ1n) is 5.24. The van der Waals surface area contributed by atoms with Gasteiger partial charge in [0.25, 0.3) is 0 Å². The van der Waals surface area contributed by atoms with Crippen LogP contribution >= 0.6 is 0 Å². The van der Waals surface area contributed by atoms with Crippen molar-refractivity contribution in [1.82, 2.24) is 0 Å². The Hall–Kier alpha value is -1.16. The Morgan fingerprint density at radius 1 is 1.31 bits per heavy atom. The van der Waals surface area contributed by atoms with Crippen LogP contribution in [-0.4, -0.2) is 12.7 Å². The Morgan fingerprint density at radius 3 is 2.38 bits per heavy atom. The van der Waals surface area contributed by atoms with E-state index in [0.717, 1.165) is 5.56 Å². The second-order valence-electron chi connectivity index (χ2n) is 4.74. The molecule has 1 aliphatic carbocycles. The maximum absolute atomic E-state index is 12.2. The Balaban J connectivity index is 2.28. The van der Waals surface area contributed by atoms with Crippen molar-refractivity contribution in [2.75, 3.05) is 0 Å². The minimum Gasteiger partial charge on any atom is -0.435 e. The van der Waals surface area contributed by atoms with E-state index in [0.29, 0.717) is 0 Å². The van der Waals surface area contributed by atoms with Crippen LogP contribution in [0.4, 0.5) is 8.78 Å². The average Bonchev–Trinajstić information content (AvgIpc) is 2.67. The van der Waals surface area contributed by atoms with Crippen molar-refractivity contribution in [3.63, 3.8) is 0 Å². The van der Waals surface area contributed by atoms with Gasteiger partial charge >= 0.3 is 6.61 Å². The number of ether oxygens (including phenoxy) is 1. The Kier molecular flexibility index (Phi) is 2.62. The molecule has 2 atom stereocenters. The summed E-state index contributed by atoms with van der Waals surface area (Å²) < 4.78 is 28.9. The third-order valence-electron chi connectivity index (χ3n) is 3.38. The molecule has 0 radical (unpaired) electrons. The molecule has 2 N–H and O–H groups in total. The van der Waals surface area contributed by atoms with Crippen LogP contribution in [0.2, 0.25) is 0 Å². The number of para-hydroxylation sites is 1. The highest BCUT2D eigenvalue weighted by atomic mass is 19.3. The molecule has 0 amide bonds. The number of hydrogen-bond acceptors (Lipinski definition) is 2. The van der Waals surface area contributed by atoms with Crippen LogP contribution in [0.3, 0.4) is 0 Å². The summed E-state index contributed by atoms with van der Waals surface area (Å²) in [5.41, 5.74) is 6.67. The molecule has 1 fully saturated rings. The number of benzene rings is 1. The third-order valence-corrected chi connectivity index (χ3v) is 3.38. The van der Waals surface area contributed by atoms with Crippen molar-refractivity contribution in [3.05, 3.63) is 29.8 Å².